The molecule has 1 N–H and O–H groups in total. The fourth-order valence-electron chi connectivity index (χ4n) is 4.51. The van der Waals surface area contributed by atoms with Gasteiger partial charge in [0.2, 0.25) is 11.8 Å². The third kappa shape index (κ3) is 2.48. The molecule has 4 rings (SSSR count). The van der Waals surface area contributed by atoms with Crippen LogP contribution in [0.1, 0.15) is 43.9 Å². The van der Waals surface area contributed by atoms with E-state index in [1.807, 2.05) is 0 Å². The molecule has 2 heterocycles. The second-order valence-electron chi connectivity index (χ2n) is 7.05. The van der Waals surface area contributed by atoms with Gasteiger partial charge in [-0.1, -0.05) is 0 Å². The number of nitrogens with zero attached hydrogens (tertiary/aromatic N) is 2. The predicted molar refractivity (Wildman–Crippen MR) is 74.9 cm³/mol. The van der Waals surface area contributed by atoms with Crippen molar-refractivity contribution in [2.75, 3.05) is 13.1 Å². The van der Waals surface area contributed by atoms with E-state index < -0.39 is 17.6 Å². The molecule has 8 heteroatoms. The van der Waals surface area contributed by atoms with Crippen LogP contribution in [-0.2, 0) is 4.79 Å². The number of carbonyl (C=O) groups is 1. The molecule has 3 fully saturated rings. The minimum absolute atomic E-state index is 0.0231. The van der Waals surface area contributed by atoms with Crippen LogP contribution in [0.15, 0.2) is 9.21 Å². The number of halogens is 2. The Labute approximate surface area is 131 Å². The molecule has 2 saturated carbocycles. The second-order valence-corrected chi connectivity index (χ2v) is 7.05. The quantitative estimate of drug-likeness (QED) is 0.897. The zero-order valence-corrected chi connectivity index (χ0v) is 12.6. The summed E-state index contributed by atoms with van der Waals surface area (Å²) in [5, 5.41) is 6.09. The van der Waals surface area contributed by atoms with E-state index in [1.165, 1.54) is 0 Å². The van der Waals surface area contributed by atoms with E-state index in [4.69, 9.17) is 4.42 Å². The molecule has 0 radical (unpaired) electrons. The molecule has 1 aliphatic heterocycles. The van der Waals surface area contributed by atoms with Crippen molar-refractivity contribution in [3.63, 3.8) is 0 Å². The number of nitrogens with one attached hydrogen (secondary N) is 1. The minimum atomic E-state index is -2.58. The number of H-pyrrole nitrogens is 1. The third-order valence-electron chi connectivity index (χ3n) is 5.75. The number of aromatic nitrogens is 2. The summed E-state index contributed by atoms with van der Waals surface area (Å²) < 4.78 is 32.2. The Bertz CT molecular complexity index is 663. The molecule has 0 unspecified atom stereocenters. The zero-order valence-electron chi connectivity index (χ0n) is 12.6. The summed E-state index contributed by atoms with van der Waals surface area (Å²) in [6.45, 7) is 1.12. The molecule has 1 aromatic rings. The lowest BCUT2D eigenvalue weighted by Crippen LogP contribution is -2.44. The number of piperidine rings is 1. The lowest BCUT2D eigenvalue weighted by molar-refractivity contribution is -0.141. The van der Waals surface area contributed by atoms with Gasteiger partial charge in [-0.25, -0.2) is 18.7 Å². The smallest absolute Gasteiger partial charge is 0.392 e. The number of rotatable bonds is 2. The molecular weight excluding hydrogens is 308 g/mol. The largest absolute Gasteiger partial charge is 0.434 e. The normalized spacial score (nSPS) is 33.3. The number of hydrogen-bond acceptors (Lipinski definition) is 4. The number of aromatic amines is 1. The van der Waals surface area contributed by atoms with Gasteiger partial charge in [0, 0.05) is 37.3 Å². The monoisotopic (exact) mass is 327 g/mol. The molecule has 1 aromatic heterocycles. The summed E-state index contributed by atoms with van der Waals surface area (Å²) in [4.78, 5) is 25.4. The first-order chi connectivity index (χ1) is 10.9. The average molecular weight is 327 g/mol. The molecule has 1 amide bonds. The molecule has 0 aromatic carbocycles. The van der Waals surface area contributed by atoms with Crippen molar-refractivity contribution in [1.29, 1.82) is 0 Å². The van der Waals surface area contributed by atoms with Crippen molar-refractivity contribution in [2.24, 2.45) is 17.8 Å². The highest BCUT2D eigenvalue weighted by Crippen LogP contribution is 2.56. The number of carbonyl (C=O) groups excluding carboxylic acids is 1. The summed E-state index contributed by atoms with van der Waals surface area (Å²) in [7, 11) is 0. The van der Waals surface area contributed by atoms with Gasteiger partial charge in [-0.15, -0.1) is 5.10 Å². The van der Waals surface area contributed by atoms with Crippen molar-refractivity contribution in [3.8, 4) is 0 Å². The van der Waals surface area contributed by atoms with E-state index in [0.717, 1.165) is 0 Å². The van der Waals surface area contributed by atoms with E-state index in [0.29, 0.717) is 44.7 Å². The lowest BCUT2D eigenvalue weighted by atomic mass is 9.85. The number of likely N-dealkylation sites (tertiary alicyclic amines) is 1. The van der Waals surface area contributed by atoms with Crippen LogP contribution in [0.3, 0.4) is 0 Å². The molecule has 3 aliphatic rings. The second kappa shape index (κ2) is 5.14. The highest BCUT2D eigenvalue weighted by atomic mass is 19.3. The zero-order chi connectivity index (χ0) is 16.2. The van der Waals surface area contributed by atoms with E-state index in [-0.39, 0.29) is 30.1 Å². The maximum atomic E-state index is 13.6. The van der Waals surface area contributed by atoms with Crippen LogP contribution in [0.25, 0.3) is 0 Å². The predicted octanol–water partition coefficient (Wildman–Crippen LogP) is 1.75. The standard InChI is InChI=1S/C15H19F2N3O3/c16-15(17)7-9-5-10(15)6-11(9)13(21)20-3-1-8(2-4-20)12-18-19-14(22)23-12/h8-11H,1-7H2,(H,19,22)/t9-,10-,11-/m0/s1. The van der Waals surface area contributed by atoms with Crippen LogP contribution in [0.4, 0.5) is 8.78 Å². The van der Waals surface area contributed by atoms with Crippen LogP contribution in [0, 0.1) is 17.8 Å². The fourth-order valence-corrected chi connectivity index (χ4v) is 4.51. The van der Waals surface area contributed by atoms with Gasteiger partial charge in [-0.2, -0.15) is 0 Å². The van der Waals surface area contributed by atoms with Crippen LogP contribution < -0.4 is 5.76 Å². The van der Waals surface area contributed by atoms with E-state index in [9.17, 15) is 18.4 Å². The SMILES string of the molecule is O=C([C@H]1C[C@@H]2C[C@H]1CC2(F)F)N1CCC(c2n[nH]c(=O)o2)CC1. The molecule has 126 valence electrons. The first-order valence-electron chi connectivity index (χ1n) is 8.16. The molecule has 3 atom stereocenters. The van der Waals surface area contributed by atoms with Gasteiger partial charge in [0.1, 0.15) is 0 Å². The molecule has 1 saturated heterocycles. The summed E-state index contributed by atoms with van der Waals surface area (Å²) in [6, 6.07) is 0. The molecule has 2 bridgehead atoms. The van der Waals surface area contributed by atoms with Crippen molar-refractivity contribution >= 4 is 5.91 Å². The van der Waals surface area contributed by atoms with Crippen LogP contribution >= 0.6 is 0 Å². The Morgan fingerprint density at radius 3 is 2.57 bits per heavy atom. The van der Waals surface area contributed by atoms with Crippen molar-refractivity contribution < 1.29 is 18.0 Å². The van der Waals surface area contributed by atoms with E-state index in [2.05, 4.69) is 10.2 Å². The average Bonchev–Trinajstić information content (AvgIpc) is 3.20. The van der Waals surface area contributed by atoms with Gasteiger partial charge >= 0.3 is 5.76 Å². The summed E-state index contributed by atoms with van der Waals surface area (Å²) in [5.74, 6) is -3.71. The van der Waals surface area contributed by atoms with Gasteiger partial charge in [-0.05, 0) is 31.6 Å². The van der Waals surface area contributed by atoms with Gasteiger partial charge in [0.05, 0.1) is 0 Å². The first-order valence-corrected chi connectivity index (χ1v) is 8.16. The molecule has 23 heavy (non-hydrogen) atoms. The highest BCUT2D eigenvalue weighted by molar-refractivity contribution is 5.80. The first kappa shape index (κ1) is 14.8. The number of amides is 1. The molecule has 2 aliphatic carbocycles. The number of alkyl halides is 2. The number of hydrogen-bond donors (Lipinski definition) is 1. The third-order valence-corrected chi connectivity index (χ3v) is 5.75. The van der Waals surface area contributed by atoms with E-state index in [1.54, 1.807) is 4.90 Å². The fraction of sp³-hybridized carbons (Fsp3) is 0.800. The summed E-state index contributed by atoms with van der Waals surface area (Å²) in [6.07, 6.45) is 2.03. The Kier molecular flexibility index (Phi) is 3.32. The maximum Gasteiger partial charge on any atom is 0.434 e. The van der Waals surface area contributed by atoms with E-state index >= 15 is 0 Å². The Morgan fingerprint density at radius 1 is 1.30 bits per heavy atom. The van der Waals surface area contributed by atoms with Gasteiger partial charge in [-0.3, -0.25) is 4.79 Å². The van der Waals surface area contributed by atoms with Crippen LogP contribution in [-0.4, -0.2) is 40.0 Å². The summed E-state index contributed by atoms with van der Waals surface area (Å²) >= 11 is 0. The van der Waals surface area contributed by atoms with Crippen LogP contribution in [0.5, 0.6) is 0 Å². The molecular formula is C15H19F2N3O3. The Morgan fingerprint density at radius 2 is 2.04 bits per heavy atom. The Hall–Kier alpha value is -1.73. The highest BCUT2D eigenvalue weighted by Gasteiger charge is 2.58. The van der Waals surface area contributed by atoms with Gasteiger partial charge in [0.25, 0.3) is 5.92 Å². The lowest BCUT2D eigenvalue weighted by Gasteiger charge is -2.35. The number of fused-ring (bicyclic) bond motifs is 2. The summed E-state index contributed by atoms with van der Waals surface area (Å²) in [5.41, 5.74) is 0. The van der Waals surface area contributed by atoms with Gasteiger partial charge < -0.3 is 9.32 Å². The van der Waals surface area contributed by atoms with Crippen molar-refractivity contribution in [1.82, 2.24) is 15.1 Å². The molecule has 6 nitrogen and oxygen atoms in total. The van der Waals surface area contributed by atoms with Crippen LogP contribution in [0.2, 0.25) is 0 Å². The van der Waals surface area contributed by atoms with Gasteiger partial charge in [0.15, 0.2) is 0 Å². The Balaban J connectivity index is 1.36. The minimum Gasteiger partial charge on any atom is -0.392 e. The van der Waals surface area contributed by atoms with Crippen molar-refractivity contribution in [2.45, 2.75) is 43.9 Å². The molecule has 0 spiro atoms. The topological polar surface area (TPSA) is 79.2 Å². The van der Waals surface area contributed by atoms with Crippen molar-refractivity contribution in [3.05, 3.63) is 16.4 Å². The maximum absolute atomic E-state index is 13.6.